The summed E-state index contributed by atoms with van der Waals surface area (Å²) in [5.74, 6) is 0.592. The lowest BCUT2D eigenvalue weighted by molar-refractivity contribution is 0.707. The average molecular weight is 203 g/mol. The Kier molecular flexibility index (Phi) is 4.41. The summed E-state index contributed by atoms with van der Waals surface area (Å²) in [5, 5.41) is 0. The Hall–Kier alpha value is -1.24. The van der Waals surface area contributed by atoms with Crippen LogP contribution in [0.1, 0.15) is 20.3 Å². The first-order valence-corrected chi connectivity index (χ1v) is 5.55. The molecule has 0 fully saturated rings. The molecule has 0 heterocycles. The Morgan fingerprint density at radius 3 is 2.40 bits per heavy atom. The first kappa shape index (κ1) is 11.8. The summed E-state index contributed by atoms with van der Waals surface area (Å²) in [7, 11) is 2.13. The number of para-hydroxylation sites is 1. The Morgan fingerprint density at radius 2 is 1.87 bits per heavy atom. The quantitative estimate of drug-likeness (QED) is 0.659. The van der Waals surface area contributed by atoms with Crippen molar-refractivity contribution in [3.63, 3.8) is 0 Å². The molecule has 1 rings (SSSR count). The number of benzene rings is 1. The van der Waals surface area contributed by atoms with E-state index in [1.54, 1.807) is 0 Å². The molecule has 0 amide bonds. The highest BCUT2D eigenvalue weighted by molar-refractivity contribution is 5.45. The van der Waals surface area contributed by atoms with Crippen LogP contribution in [0.2, 0.25) is 0 Å². The van der Waals surface area contributed by atoms with Crippen molar-refractivity contribution in [2.24, 2.45) is 5.92 Å². The van der Waals surface area contributed by atoms with E-state index in [0.29, 0.717) is 5.92 Å². The van der Waals surface area contributed by atoms with E-state index < -0.39 is 0 Å². The van der Waals surface area contributed by atoms with Gasteiger partial charge in [0.25, 0.3) is 0 Å². The van der Waals surface area contributed by atoms with Crippen LogP contribution in [0.5, 0.6) is 0 Å². The van der Waals surface area contributed by atoms with Crippen molar-refractivity contribution >= 4 is 5.69 Å². The molecule has 0 spiro atoms. The maximum absolute atomic E-state index is 4.09. The van der Waals surface area contributed by atoms with Gasteiger partial charge in [0, 0.05) is 19.3 Å². The number of hydrogen-bond donors (Lipinski definition) is 0. The molecule has 0 saturated carbocycles. The summed E-state index contributed by atoms with van der Waals surface area (Å²) in [6, 6.07) is 10.5. The summed E-state index contributed by atoms with van der Waals surface area (Å²) in [4.78, 5) is 2.27. The van der Waals surface area contributed by atoms with Gasteiger partial charge >= 0.3 is 0 Å². The van der Waals surface area contributed by atoms with Crippen LogP contribution in [0.4, 0.5) is 5.69 Å². The standard InChI is InChI=1S/C14H21N/c1-12(2)13(3)10-11-15(4)14-8-6-5-7-9-14/h5-9,12H,3,10-11H2,1-2,4H3. The van der Waals surface area contributed by atoms with E-state index in [4.69, 9.17) is 0 Å². The molecule has 1 heteroatoms. The van der Waals surface area contributed by atoms with Crippen molar-refractivity contribution < 1.29 is 0 Å². The van der Waals surface area contributed by atoms with Gasteiger partial charge in [-0.3, -0.25) is 0 Å². The van der Waals surface area contributed by atoms with Crippen LogP contribution in [0, 0.1) is 5.92 Å². The Morgan fingerprint density at radius 1 is 1.27 bits per heavy atom. The fourth-order valence-corrected chi connectivity index (χ4v) is 1.41. The number of rotatable bonds is 5. The van der Waals surface area contributed by atoms with Crippen LogP contribution in [0.25, 0.3) is 0 Å². The zero-order chi connectivity index (χ0) is 11.3. The van der Waals surface area contributed by atoms with Crippen LogP contribution in [-0.4, -0.2) is 13.6 Å². The van der Waals surface area contributed by atoms with E-state index in [1.807, 2.05) is 6.07 Å². The first-order chi connectivity index (χ1) is 7.11. The summed E-state index contributed by atoms with van der Waals surface area (Å²) in [6.07, 6.45) is 1.07. The van der Waals surface area contributed by atoms with E-state index in [1.165, 1.54) is 11.3 Å². The first-order valence-electron chi connectivity index (χ1n) is 5.55. The molecule has 0 unspecified atom stereocenters. The van der Waals surface area contributed by atoms with Crippen molar-refractivity contribution in [2.75, 3.05) is 18.5 Å². The third-order valence-electron chi connectivity index (χ3n) is 2.78. The summed E-state index contributed by atoms with van der Waals surface area (Å²) < 4.78 is 0. The summed E-state index contributed by atoms with van der Waals surface area (Å²) >= 11 is 0. The van der Waals surface area contributed by atoms with Crippen molar-refractivity contribution in [1.29, 1.82) is 0 Å². The van der Waals surface area contributed by atoms with Gasteiger partial charge in [0.05, 0.1) is 0 Å². The third-order valence-corrected chi connectivity index (χ3v) is 2.78. The largest absolute Gasteiger partial charge is 0.374 e. The number of anilines is 1. The lowest BCUT2D eigenvalue weighted by Crippen LogP contribution is -2.19. The van der Waals surface area contributed by atoms with Crippen molar-refractivity contribution in [1.82, 2.24) is 0 Å². The fourth-order valence-electron chi connectivity index (χ4n) is 1.41. The molecule has 1 aromatic rings. The predicted molar refractivity (Wildman–Crippen MR) is 68.3 cm³/mol. The zero-order valence-electron chi connectivity index (χ0n) is 10.0. The smallest absolute Gasteiger partial charge is 0.0363 e. The third kappa shape index (κ3) is 3.78. The minimum absolute atomic E-state index is 0.592. The molecule has 0 N–H and O–H groups in total. The van der Waals surface area contributed by atoms with E-state index in [2.05, 4.69) is 56.6 Å². The average Bonchev–Trinajstić information content (AvgIpc) is 2.26. The minimum Gasteiger partial charge on any atom is -0.374 e. The van der Waals surface area contributed by atoms with Crippen molar-refractivity contribution in [2.45, 2.75) is 20.3 Å². The van der Waals surface area contributed by atoms with Gasteiger partial charge < -0.3 is 4.90 Å². The Balaban J connectivity index is 2.44. The second-order valence-electron chi connectivity index (χ2n) is 4.32. The molecule has 0 atom stereocenters. The van der Waals surface area contributed by atoms with Crippen LogP contribution in [0.15, 0.2) is 42.5 Å². The van der Waals surface area contributed by atoms with Crippen LogP contribution >= 0.6 is 0 Å². The molecule has 0 aliphatic rings. The van der Waals surface area contributed by atoms with Crippen LogP contribution in [0.3, 0.4) is 0 Å². The normalized spacial score (nSPS) is 10.4. The molecule has 0 radical (unpaired) electrons. The summed E-state index contributed by atoms with van der Waals surface area (Å²) in [6.45, 7) is 9.53. The maximum Gasteiger partial charge on any atom is 0.0363 e. The van der Waals surface area contributed by atoms with Gasteiger partial charge in [-0.05, 0) is 24.5 Å². The zero-order valence-corrected chi connectivity index (χ0v) is 10.0. The molecule has 1 nitrogen and oxygen atoms in total. The molecule has 0 saturated heterocycles. The second-order valence-corrected chi connectivity index (χ2v) is 4.32. The lowest BCUT2D eigenvalue weighted by Gasteiger charge is -2.20. The van der Waals surface area contributed by atoms with E-state index in [0.717, 1.165) is 13.0 Å². The minimum atomic E-state index is 0.592. The van der Waals surface area contributed by atoms with Gasteiger partial charge in [-0.15, -0.1) is 0 Å². The van der Waals surface area contributed by atoms with Crippen molar-refractivity contribution in [3.05, 3.63) is 42.5 Å². The van der Waals surface area contributed by atoms with Crippen LogP contribution in [-0.2, 0) is 0 Å². The monoisotopic (exact) mass is 203 g/mol. The van der Waals surface area contributed by atoms with Crippen molar-refractivity contribution in [3.8, 4) is 0 Å². The molecule has 82 valence electrons. The topological polar surface area (TPSA) is 3.24 Å². The van der Waals surface area contributed by atoms with Gasteiger partial charge in [0.15, 0.2) is 0 Å². The highest BCUT2D eigenvalue weighted by Gasteiger charge is 2.03. The molecular weight excluding hydrogens is 182 g/mol. The maximum atomic E-state index is 4.09. The molecule has 0 aliphatic carbocycles. The highest BCUT2D eigenvalue weighted by atomic mass is 15.1. The number of hydrogen-bond acceptors (Lipinski definition) is 1. The Bertz CT molecular complexity index is 300. The predicted octanol–water partition coefficient (Wildman–Crippen LogP) is 3.73. The molecule has 0 aliphatic heterocycles. The van der Waals surface area contributed by atoms with Crippen LogP contribution < -0.4 is 4.90 Å². The van der Waals surface area contributed by atoms with Gasteiger partial charge in [0.1, 0.15) is 0 Å². The second kappa shape index (κ2) is 5.59. The SMILES string of the molecule is C=C(CCN(C)c1ccccc1)C(C)C. The molecular formula is C14H21N. The lowest BCUT2D eigenvalue weighted by atomic mass is 10.0. The van der Waals surface area contributed by atoms with Gasteiger partial charge in [-0.2, -0.15) is 0 Å². The van der Waals surface area contributed by atoms with Gasteiger partial charge in [-0.25, -0.2) is 0 Å². The Labute approximate surface area is 93.4 Å². The highest BCUT2D eigenvalue weighted by Crippen LogP contribution is 2.15. The molecule has 15 heavy (non-hydrogen) atoms. The molecule has 0 bridgehead atoms. The molecule has 1 aromatic carbocycles. The summed E-state index contributed by atoms with van der Waals surface area (Å²) in [5.41, 5.74) is 2.60. The fraction of sp³-hybridized carbons (Fsp3) is 0.429. The van der Waals surface area contributed by atoms with Gasteiger partial charge in [-0.1, -0.05) is 44.2 Å². The molecule has 0 aromatic heterocycles. The van der Waals surface area contributed by atoms with Gasteiger partial charge in [0.2, 0.25) is 0 Å². The number of nitrogens with zero attached hydrogens (tertiary/aromatic N) is 1. The van der Waals surface area contributed by atoms with E-state index in [9.17, 15) is 0 Å². The van der Waals surface area contributed by atoms with E-state index in [-0.39, 0.29) is 0 Å². The van der Waals surface area contributed by atoms with E-state index >= 15 is 0 Å².